The van der Waals surface area contributed by atoms with Gasteiger partial charge >= 0.3 is 0 Å². The van der Waals surface area contributed by atoms with Gasteiger partial charge in [0.05, 0.1) is 11.9 Å². The number of rotatable bonds is 10. The van der Waals surface area contributed by atoms with Crippen LogP contribution in [-0.4, -0.2) is 51.0 Å². The normalized spacial score (nSPS) is 12.0. The first-order valence-corrected chi connectivity index (χ1v) is 13.6. The van der Waals surface area contributed by atoms with E-state index in [1.54, 1.807) is 18.2 Å². The SMILES string of the molecule is CNC(=O)C(Cc1ccccc1)N(Cc1ccc(C)cc1)C(=O)CN(c1cccc(C)c1)S(C)(=O)=O. The van der Waals surface area contributed by atoms with E-state index in [1.807, 2.05) is 74.5 Å². The van der Waals surface area contributed by atoms with E-state index in [0.29, 0.717) is 12.1 Å². The van der Waals surface area contributed by atoms with Crippen molar-refractivity contribution in [3.8, 4) is 0 Å². The Hall–Kier alpha value is -3.65. The van der Waals surface area contributed by atoms with Crippen molar-refractivity contribution in [2.24, 2.45) is 0 Å². The standard InChI is InChI=1S/C28H33N3O4S/c1-21-13-15-24(16-14-21)19-30(26(28(33)29-3)18-23-10-6-5-7-11-23)27(32)20-31(36(4,34)35)25-12-8-9-22(2)17-25/h5-17,26H,18-20H2,1-4H3,(H,29,33). The summed E-state index contributed by atoms with van der Waals surface area (Å²) in [6.45, 7) is 3.57. The molecule has 3 aromatic rings. The number of hydrogen-bond donors (Lipinski definition) is 1. The van der Waals surface area contributed by atoms with E-state index in [0.717, 1.165) is 32.8 Å². The number of carbonyl (C=O) groups excluding carboxylic acids is 2. The van der Waals surface area contributed by atoms with Crippen molar-refractivity contribution in [3.05, 3.63) is 101 Å². The van der Waals surface area contributed by atoms with Crippen molar-refractivity contribution >= 4 is 27.5 Å². The number of benzene rings is 3. The van der Waals surface area contributed by atoms with Gasteiger partial charge in [0.2, 0.25) is 21.8 Å². The zero-order valence-electron chi connectivity index (χ0n) is 21.1. The molecule has 0 saturated carbocycles. The average Bonchev–Trinajstić information content (AvgIpc) is 2.85. The molecule has 2 amide bonds. The Kier molecular flexibility index (Phi) is 8.88. The number of sulfonamides is 1. The molecule has 0 aliphatic rings. The molecule has 1 unspecified atom stereocenters. The van der Waals surface area contributed by atoms with E-state index < -0.39 is 28.5 Å². The van der Waals surface area contributed by atoms with Gasteiger partial charge in [-0.15, -0.1) is 0 Å². The Balaban J connectivity index is 2.01. The first-order chi connectivity index (χ1) is 17.1. The number of aryl methyl sites for hydroxylation is 2. The van der Waals surface area contributed by atoms with Crippen LogP contribution in [0, 0.1) is 13.8 Å². The summed E-state index contributed by atoms with van der Waals surface area (Å²) in [5.41, 5.74) is 4.09. The summed E-state index contributed by atoms with van der Waals surface area (Å²) in [6.07, 6.45) is 1.37. The molecular formula is C28H33N3O4S. The van der Waals surface area contributed by atoms with Gasteiger partial charge in [-0.25, -0.2) is 8.42 Å². The molecule has 3 rings (SSSR count). The molecular weight excluding hydrogens is 474 g/mol. The third-order valence-electron chi connectivity index (χ3n) is 5.96. The maximum absolute atomic E-state index is 13.8. The monoisotopic (exact) mass is 507 g/mol. The van der Waals surface area contributed by atoms with Gasteiger partial charge in [-0.05, 0) is 42.7 Å². The minimum absolute atomic E-state index is 0.162. The Labute approximate surface area is 213 Å². The Morgan fingerprint density at radius 1 is 0.861 bits per heavy atom. The van der Waals surface area contributed by atoms with Crippen LogP contribution in [0.25, 0.3) is 0 Å². The highest BCUT2D eigenvalue weighted by Gasteiger charge is 2.32. The second-order valence-electron chi connectivity index (χ2n) is 8.94. The minimum Gasteiger partial charge on any atom is -0.357 e. The van der Waals surface area contributed by atoms with E-state index >= 15 is 0 Å². The molecule has 0 spiro atoms. The number of amides is 2. The van der Waals surface area contributed by atoms with Gasteiger partial charge in [0.25, 0.3) is 0 Å². The van der Waals surface area contributed by atoms with Crippen molar-refractivity contribution in [2.45, 2.75) is 32.9 Å². The molecule has 0 bridgehead atoms. The fourth-order valence-electron chi connectivity index (χ4n) is 4.01. The Morgan fingerprint density at radius 2 is 1.53 bits per heavy atom. The summed E-state index contributed by atoms with van der Waals surface area (Å²) in [7, 11) is -2.23. The van der Waals surface area contributed by atoms with E-state index in [9.17, 15) is 18.0 Å². The van der Waals surface area contributed by atoms with Crippen molar-refractivity contribution in [1.29, 1.82) is 0 Å². The summed E-state index contributed by atoms with van der Waals surface area (Å²) in [6, 6.07) is 23.3. The molecule has 7 nitrogen and oxygen atoms in total. The molecule has 0 aliphatic carbocycles. The summed E-state index contributed by atoms with van der Waals surface area (Å²) >= 11 is 0. The second kappa shape index (κ2) is 11.9. The third-order valence-corrected chi connectivity index (χ3v) is 7.10. The second-order valence-corrected chi connectivity index (χ2v) is 10.8. The molecule has 0 fully saturated rings. The van der Waals surface area contributed by atoms with Crippen molar-refractivity contribution in [3.63, 3.8) is 0 Å². The summed E-state index contributed by atoms with van der Waals surface area (Å²) < 4.78 is 26.5. The van der Waals surface area contributed by atoms with Crippen molar-refractivity contribution < 1.29 is 18.0 Å². The quantitative estimate of drug-likeness (QED) is 0.455. The highest BCUT2D eigenvalue weighted by molar-refractivity contribution is 7.92. The predicted molar refractivity (Wildman–Crippen MR) is 143 cm³/mol. The third kappa shape index (κ3) is 7.18. The fourth-order valence-corrected chi connectivity index (χ4v) is 4.85. The van der Waals surface area contributed by atoms with Gasteiger partial charge in [0.1, 0.15) is 12.6 Å². The number of likely N-dealkylation sites (N-methyl/N-ethyl adjacent to an activating group) is 1. The molecule has 0 aliphatic heterocycles. The molecule has 1 atom stereocenters. The zero-order valence-corrected chi connectivity index (χ0v) is 22.0. The van der Waals surface area contributed by atoms with Crippen LogP contribution in [0.1, 0.15) is 22.3 Å². The van der Waals surface area contributed by atoms with Crippen LogP contribution in [-0.2, 0) is 32.6 Å². The van der Waals surface area contributed by atoms with Gasteiger partial charge in [-0.1, -0.05) is 72.3 Å². The largest absolute Gasteiger partial charge is 0.357 e. The number of carbonyl (C=O) groups is 2. The van der Waals surface area contributed by atoms with Crippen LogP contribution < -0.4 is 9.62 Å². The lowest BCUT2D eigenvalue weighted by atomic mass is 10.0. The van der Waals surface area contributed by atoms with Crippen LogP contribution in [0.5, 0.6) is 0 Å². The smallest absolute Gasteiger partial charge is 0.244 e. The number of anilines is 1. The van der Waals surface area contributed by atoms with Crippen LogP contribution in [0.2, 0.25) is 0 Å². The lowest BCUT2D eigenvalue weighted by Crippen LogP contribution is -2.52. The zero-order chi connectivity index (χ0) is 26.3. The maximum atomic E-state index is 13.8. The molecule has 36 heavy (non-hydrogen) atoms. The molecule has 0 saturated heterocycles. The Bertz CT molecular complexity index is 1290. The molecule has 1 N–H and O–H groups in total. The van der Waals surface area contributed by atoms with Gasteiger partial charge in [0.15, 0.2) is 0 Å². The molecule has 0 aromatic heterocycles. The van der Waals surface area contributed by atoms with E-state index in [2.05, 4.69) is 5.32 Å². The van der Waals surface area contributed by atoms with Gasteiger partial charge < -0.3 is 10.2 Å². The molecule has 190 valence electrons. The number of hydrogen-bond acceptors (Lipinski definition) is 4. The van der Waals surface area contributed by atoms with Gasteiger partial charge in [0, 0.05) is 20.0 Å². The topological polar surface area (TPSA) is 86.8 Å². The number of nitrogens with zero attached hydrogens (tertiary/aromatic N) is 2. The first-order valence-electron chi connectivity index (χ1n) is 11.7. The van der Waals surface area contributed by atoms with Crippen molar-refractivity contribution in [1.82, 2.24) is 10.2 Å². The van der Waals surface area contributed by atoms with Crippen LogP contribution >= 0.6 is 0 Å². The average molecular weight is 508 g/mol. The van der Waals surface area contributed by atoms with Gasteiger partial charge in [-0.2, -0.15) is 0 Å². The molecule has 8 heteroatoms. The lowest BCUT2D eigenvalue weighted by Gasteiger charge is -2.33. The van der Waals surface area contributed by atoms with Crippen LogP contribution in [0.3, 0.4) is 0 Å². The van der Waals surface area contributed by atoms with Crippen LogP contribution in [0.4, 0.5) is 5.69 Å². The maximum Gasteiger partial charge on any atom is 0.244 e. The highest BCUT2D eigenvalue weighted by atomic mass is 32.2. The summed E-state index contributed by atoms with van der Waals surface area (Å²) in [4.78, 5) is 28.4. The van der Waals surface area contributed by atoms with Crippen molar-refractivity contribution in [2.75, 3.05) is 24.2 Å². The molecule has 0 radical (unpaired) electrons. The highest BCUT2D eigenvalue weighted by Crippen LogP contribution is 2.21. The summed E-state index contributed by atoms with van der Waals surface area (Å²) in [5, 5.41) is 2.67. The lowest BCUT2D eigenvalue weighted by molar-refractivity contribution is -0.139. The van der Waals surface area contributed by atoms with E-state index in [-0.39, 0.29) is 12.5 Å². The van der Waals surface area contributed by atoms with E-state index in [4.69, 9.17) is 0 Å². The number of nitrogens with one attached hydrogen (secondary N) is 1. The molecule has 3 aromatic carbocycles. The van der Waals surface area contributed by atoms with Crippen LogP contribution in [0.15, 0.2) is 78.9 Å². The van der Waals surface area contributed by atoms with E-state index in [1.165, 1.54) is 11.9 Å². The Morgan fingerprint density at radius 3 is 2.11 bits per heavy atom. The summed E-state index contributed by atoms with van der Waals surface area (Å²) in [5.74, 6) is -0.784. The fraction of sp³-hybridized carbons (Fsp3) is 0.286. The predicted octanol–water partition coefficient (Wildman–Crippen LogP) is 3.46. The minimum atomic E-state index is -3.77. The molecule has 0 heterocycles. The van der Waals surface area contributed by atoms with Gasteiger partial charge in [-0.3, -0.25) is 13.9 Å². The first kappa shape index (κ1) is 26.9.